The summed E-state index contributed by atoms with van der Waals surface area (Å²) in [5, 5.41) is 10.6. The van der Waals surface area contributed by atoms with Gasteiger partial charge in [0.2, 0.25) is 0 Å². The van der Waals surface area contributed by atoms with Crippen molar-refractivity contribution >= 4 is 28.8 Å². The van der Waals surface area contributed by atoms with Crippen LogP contribution in [-0.2, 0) is 4.79 Å². The smallest absolute Gasteiger partial charge is 0.313 e. The summed E-state index contributed by atoms with van der Waals surface area (Å²) in [5.74, 6) is -0.692. The third-order valence-electron chi connectivity index (χ3n) is 4.31. The molecule has 0 bridgehead atoms. The summed E-state index contributed by atoms with van der Waals surface area (Å²) in [6.07, 6.45) is 0. The summed E-state index contributed by atoms with van der Waals surface area (Å²) in [6, 6.07) is 7.50. The van der Waals surface area contributed by atoms with Crippen molar-refractivity contribution in [2.45, 2.75) is 26.7 Å². The summed E-state index contributed by atoms with van der Waals surface area (Å²) in [5.41, 5.74) is 3.04. The lowest BCUT2D eigenvalue weighted by atomic mass is 9.76. The highest BCUT2D eigenvalue weighted by molar-refractivity contribution is 7.06. The van der Waals surface area contributed by atoms with E-state index >= 15 is 0 Å². The van der Waals surface area contributed by atoms with Crippen molar-refractivity contribution in [3.63, 3.8) is 0 Å². The van der Waals surface area contributed by atoms with Gasteiger partial charge in [-0.1, -0.05) is 12.1 Å². The molecule has 1 N–H and O–H groups in total. The Labute approximate surface area is 150 Å². The van der Waals surface area contributed by atoms with Gasteiger partial charge >= 0.3 is 5.97 Å². The van der Waals surface area contributed by atoms with Crippen molar-refractivity contribution in [2.24, 2.45) is 10.9 Å². The average Bonchev–Trinajstić information content (AvgIpc) is 2.99. The van der Waals surface area contributed by atoms with E-state index in [0.29, 0.717) is 22.3 Å². The van der Waals surface area contributed by atoms with Crippen molar-refractivity contribution in [3.8, 4) is 5.75 Å². The lowest BCUT2D eigenvalue weighted by molar-refractivity contribution is -0.139. The highest BCUT2D eigenvalue weighted by Crippen LogP contribution is 2.45. The van der Waals surface area contributed by atoms with Crippen LogP contribution in [0.25, 0.3) is 5.57 Å². The van der Waals surface area contributed by atoms with E-state index in [1.807, 2.05) is 38.1 Å². The van der Waals surface area contributed by atoms with Crippen LogP contribution < -0.4 is 4.74 Å². The van der Waals surface area contributed by atoms with E-state index in [2.05, 4.69) is 14.3 Å². The average molecular weight is 357 g/mol. The molecule has 2 heterocycles. The molecule has 0 radical (unpaired) electrons. The van der Waals surface area contributed by atoms with Gasteiger partial charge in [0.1, 0.15) is 22.5 Å². The first-order valence-electron chi connectivity index (χ1n) is 7.85. The Morgan fingerprint density at radius 2 is 2.04 bits per heavy atom. The van der Waals surface area contributed by atoms with E-state index < -0.39 is 17.8 Å². The molecule has 0 amide bonds. The lowest BCUT2D eigenvalue weighted by Gasteiger charge is -2.30. The summed E-state index contributed by atoms with van der Waals surface area (Å²) in [6.45, 7) is 5.47. The maximum Gasteiger partial charge on any atom is 0.313 e. The first-order valence-corrected chi connectivity index (χ1v) is 8.63. The molecule has 7 heteroatoms. The molecule has 2 aromatic rings. The van der Waals surface area contributed by atoms with E-state index in [1.54, 1.807) is 14.0 Å². The predicted molar refractivity (Wildman–Crippen MR) is 97.2 cm³/mol. The fourth-order valence-corrected chi connectivity index (χ4v) is 4.04. The number of hydrogen-bond donors (Lipinski definition) is 1. The van der Waals surface area contributed by atoms with Gasteiger partial charge in [-0.25, -0.2) is 4.98 Å². The Kier molecular flexibility index (Phi) is 4.67. The Morgan fingerprint density at radius 1 is 1.28 bits per heavy atom. The molecule has 1 aromatic heterocycles. The zero-order chi connectivity index (χ0) is 18.1. The van der Waals surface area contributed by atoms with Gasteiger partial charge in [-0.3, -0.25) is 9.79 Å². The van der Waals surface area contributed by atoms with Crippen LogP contribution in [-0.4, -0.2) is 33.3 Å². The number of benzene rings is 1. The fourth-order valence-electron chi connectivity index (χ4n) is 3.24. The van der Waals surface area contributed by atoms with Gasteiger partial charge in [0.25, 0.3) is 0 Å². The maximum atomic E-state index is 12.0. The zero-order valence-corrected chi connectivity index (χ0v) is 15.3. The Morgan fingerprint density at radius 3 is 2.64 bits per heavy atom. The number of aromatic nitrogens is 2. The zero-order valence-electron chi connectivity index (χ0n) is 14.5. The third kappa shape index (κ3) is 3.19. The number of nitrogens with zero attached hydrogens (tertiary/aromatic N) is 3. The van der Waals surface area contributed by atoms with Crippen LogP contribution in [0.2, 0.25) is 0 Å². The van der Waals surface area contributed by atoms with Gasteiger partial charge in [-0.05, 0) is 50.0 Å². The van der Waals surface area contributed by atoms with Crippen LogP contribution in [0.15, 0.2) is 35.0 Å². The number of rotatable bonds is 4. The second-order valence-corrected chi connectivity index (χ2v) is 6.72. The van der Waals surface area contributed by atoms with Crippen LogP contribution in [0.3, 0.4) is 0 Å². The van der Waals surface area contributed by atoms with E-state index in [-0.39, 0.29) is 0 Å². The fraction of sp³-hybridized carbons (Fsp3) is 0.333. The second kappa shape index (κ2) is 6.76. The molecule has 2 atom stereocenters. The number of carbonyl (C=O) groups is 1. The lowest BCUT2D eigenvalue weighted by Crippen LogP contribution is -2.32. The number of methoxy groups -OCH3 is 1. The van der Waals surface area contributed by atoms with Crippen molar-refractivity contribution in [1.82, 2.24) is 9.36 Å². The summed E-state index contributed by atoms with van der Waals surface area (Å²) in [4.78, 5) is 21.0. The van der Waals surface area contributed by atoms with Crippen molar-refractivity contribution in [3.05, 3.63) is 46.4 Å². The molecule has 0 aliphatic carbocycles. The summed E-state index contributed by atoms with van der Waals surface area (Å²) >= 11 is 1.27. The third-order valence-corrected chi connectivity index (χ3v) is 5.14. The standard InChI is InChI=1S/C18H19N3O3S/c1-9-14(17-20-11(3)21-25-17)16(15(18(22)23)10(2)19-9)12-6-5-7-13(8-12)24-4/h5-8,15-16H,1-4H3,(H,22,23). The van der Waals surface area contributed by atoms with Crippen LogP contribution >= 0.6 is 11.5 Å². The SMILES string of the molecule is COc1cccc(C2C(c3nc(C)ns3)=C(C)N=C(C)C2C(=O)O)c1. The molecule has 25 heavy (non-hydrogen) atoms. The molecule has 0 spiro atoms. The van der Waals surface area contributed by atoms with Gasteiger partial charge in [0.05, 0.1) is 7.11 Å². The van der Waals surface area contributed by atoms with Gasteiger partial charge < -0.3 is 9.84 Å². The quantitative estimate of drug-likeness (QED) is 0.904. The molecule has 3 rings (SSSR count). The minimum absolute atomic E-state index is 0.391. The minimum atomic E-state index is -0.902. The number of aryl methyl sites for hydroxylation is 1. The minimum Gasteiger partial charge on any atom is -0.497 e. The van der Waals surface area contributed by atoms with Crippen LogP contribution in [0, 0.1) is 12.8 Å². The Balaban J connectivity index is 2.23. The van der Waals surface area contributed by atoms with Gasteiger partial charge in [0.15, 0.2) is 0 Å². The molecule has 130 valence electrons. The van der Waals surface area contributed by atoms with Gasteiger partial charge in [-0.15, -0.1) is 0 Å². The van der Waals surface area contributed by atoms with Gasteiger partial charge in [0, 0.05) is 22.9 Å². The maximum absolute atomic E-state index is 12.0. The second-order valence-electron chi connectivity index (χ2n) is 5.97. The van der Waals surface area contributed by atoms with Crippen molar-refractivity contribution in [1.29, 1.82) is 0 Å². The molecule has 6 nitrogen and oxygen atoms in total. The molecular formula is C18H19N3O3S. The number of allylic oxidation sites excluding steroid dienone is 2. The van der Waals surface area contributed by atoms with Gasteiger partial charge in [-0.2, -0.15) is 4.37 Å². The van der Waals surface area contributed by atoms with E-state index in [9.17, 15) is 9.90 Å². The highest BCUT2D eigenvalue weighted by Gasteiger charge is 2.40. The molecule has 1 aliphatic rings. The molecule has 1 aromatic carbocycles. The van der Waals surface area contributed by atoms with E-state index in [0.717, 1.165) is 16.8 Å². The van der Waals surface area contributed by atoms with Crippen LogP contribution in [0.4, 0.5) is 0 Å². The first kappa shape index (κ1) is 17.3. The number of hydrogen-bond acceptors (Lipinski definition) is 6. The molecule has 1 aliphatic heterocycles. The summed E-state index contributed by atoms with van der Waals surface area (Å²) in [7, 11) is 1.59. The normalized spacial score (nSPS) is 20.4. The number of carboxylic acids is 1. The monoisotopic (exact) mass is 357 g/mol. The number of ether oxygens (including phenoxy) is 1. The molecule has 0 fully saturated rings. The van der Waals surface area contributed by atoms with E-state index in [1.165, 1.54) is 11.5 Å². The number of aliphatic carboxylic acids is 1. The first-order chi connectivity index (χ1) is 11.9. The molecule has 0 saturated heterocycles. The van der Waals surface area contributed by atoms with Crippen LogP contribution in [0.1, 0.15) is 36.2 Å². The summed E-state index contributed by atoms with van der Waals surface area (Å²) < 4.78 is 9.57. The molecular weight excluding hydrogens is 338 g/mol. The topological polar surface area (TPSA) is 84.7 Å². The number of carboxylic acid groups (broad SMARTS) is 1. The highest BCUT2D eigenvalue weighted by atomic mass is 32.1. The largest absolute Gasteiger partial charge is 0.497 e. The molecule has 0 saturated carbocycles. The van der Waals surface area contributed by atoms with Crippen molar-refractivity contribution in [2.75, 3.05) is 7.11 Å². The number of aliphatic imine (C=N–C) groups is 1. The predicted octanol–water partition coefficient (Wildman–Crippen LogP) is 3.55. The van der Waals surface area contributed by atoms with E-state index in [4.69, 9.17) is 4.74 Å². The van der Waals surface area contributed by atoms with Crippen molar-refractivity contribution < 1.29 is 14.6 Å². The van der Waals surface area contributed by atoms with Crippen LogP contribution in [0.5, 0.6) is 5.75 Å². The Bertz CT molecular complexity index is 885. The molecule has 2 unspecified atom stereocenters. The Hall–Kier alpha value is -2.54.